The average Bonchev–Trinajstić information content (AvgIpc) is 2.88. The number of fused-ring (bicyclic) bond motifs is 2. The van der Waals surface area contributed by atoms with E-state index in [1.54, 1.807) is 0 Å². The SMILES string of the molecule is NC1C2CCCOC2C1NC(=O)C1C2CCCC21. The molecule has 6 unspecified atom stereocenters. The van der Waals surface area contributed by atoms with E-state index < -0.39 is 0 Å². The molecule has 4 fully saturated rings. The Balaban J connectivity index is 1.36. The molecule has 4 rings (SSSR count). The van der Waals surface area contributed by atoms with Gasteiger partial charge in [0.15, 0.2) is 0 Å². The van der Waals surface area contributed by atoms with Crippen molar-refractivity contribution in [3.05, 3.63) is 0 Å². The Bertz CT molecular complexity index is 363. The highest BCUT2D eigenvalue weighted by Crippen LogP contribution is 2.57. The standard InChI is InChI=1S/C14H22N2O2/c15-11-9-5-2-6-18-13(9)12(11)16-14(17)10-7-3-1-4-8(7)10/h7-13H,1-6,15H2,(H,16,17). The largest absolute Gasteiger partial charge is 0.376 e. The normalized spacial score (nSPS) is 53.1. The Labute approximate surface area is 108 Å². The molecular weight excluding hydrogens is 228 g/mol. The summed E-state index contributed by atoms with van der Waals surface area (Å²) in [5, 5.41) is 3.17. The van der Waals surface area contributed by atoms with Crippen molar-refractivity contribution in [2.75, 3.05) is 6.61 Å². The molecule has 0 aromatic rings. The summed E-state index contributed by atoms with van der Waals surface area (Å²) < 4.78 is 5.76. The Morgan fingerprint density at radius 3 is 2.61 bits per heavy atom. The van der Waals surface area contributed by atoms with Crippen molar-refractivity contribution in [1.82, 2.24) is 5.32 Å². The van der Waals surface area contributed by atoms with Gasteiger partial charge < -0.3 is 15.8 Å². The van der Waals surface area contributed by atoms with Gasteiger partial charge in [-0.3, -0.25) is 4.79 Å². The lowest BCUT2D eigenvalue weighted by molar-refractivity contribution is -0.140. The molecule has 6 atom stereocenters. The van der Waals surface area contributed by atoms with Gasteiger partial charge in [-0.25, -0.2) is 0 Å². The number of nitrogens with two attached hydrogens (primary N) is 1. The number of carbonyl (C=O) groups excluding carboxylic acids is 1. The van der Waals surface area contributed by atoms with Crippen molar-refractivity contribution in [3.8, 4) is 0 Å². The molecule has 0 aromatic heterocycles. The Morgan fingerprint density at radius 2 is 1.83 bits per heavy atom. The maximum Gasteiger partial charge on any atom is 0.224 e. The minimum Gasteiger partial charge on any atom is -0.376 e. The first-order valence-corrected chi connectivity index (χ1v) is 7.45. The van der Waals surface area contributed by atoms with E-state index >= 15 is 0 Å². The predicted molar refractivity (Wildman–Crippen MR) is 66.7 cm³/mol. The molecule has 0 bridgehead atoms. The zero-order chi connectivity index (χ0) is 12.3. The molecule has 0 aromatic carbocycles. The molecule has 1 saturated heterocycles. The third kappa shape index (κ3) is 1.48. The first-order valence-electron chi connectivity index (χ1n) is 7.45. The second-order valence-electron chi connectivity index (χ2n) is 6.54. The van der Waals surface area contributed by atoms with E-state index in [2.05, 4.69) is 5.32 Å². The number of nitrogens with one attached hydrogen (secondary N) is 1. The number of rotatable bonds is 2. The molecule has 3 saturated carbocycles. The van der Waals surface area contributed by atoms with Crippen LogP contribution in [0.1, 0.15) is 32.1 Å². The second kappa shape index (κ2) is 3.94. The van der Waals surface area contributed by atoms with Crippen LogP contribution in [0.15, 0.2) is 0 Å². The fourth-order valence-corrected chi connectivity index (χ4v) is 4.60. The molecule has 3 aliphatic carbocycles. The highest BCUT2D eigenvalue weighted by Gasteiger charge is 2.58. The maximum absolute atomic E-state index is 12.2. The monoisotopic (exact) mass is 250 g/mol. The first-order chi connectivity index (χ1) is 8.77. The van der Waals surface area contributed by atoms with E-state index in [4.69, 9.17) is 10.5 Å². The molecule has 1 heterocycles. The van der Waals surface area contributed by atoms with Crippen LogP contribution < -0.4 is 11.1 Å². The van der Waals surface area contributed by atoms with Crippen LogP contribution in [0.25, 0.3) is 0 Å². The van der Waals surface area contributed by atoms with E-state index in [0.717, 1.165) is 19.4 Å². The van der Waals surface area contributed by atoms with Gasteiger partial charge >= 0.3 is 0 Å². The van der Waals surface area contributed by atoms with Crippen molar-refractivity contribution < 1.29 is 9.53 Å². The predicted octanol–water partition coefficient (Wildman–Crippen LogP) is 0.653. The molecular formula is C14H22N2O2. The van der Waals surface area contributed by atoms with E-state index in [9.17, 15) is 4.79 Å². The summed E-state index contributed by atoms with van der Waals surface area (Å²) in [4.78, 5) is 12.2. The van der Waals surface area contributed by atoms with Crippen molar-refractivity contribution in [1.29, 1.82) is 0 Å². The topological polar surface area (TPSA) is 64.3 Å². The van der Waals surface area contributed by atoms with Crippen LogP contribution in [-0.2, 0) is 9.53 Å². The number of carbonyl (C=O) groups is 1. The van der Waals surface area contributed by atoms with Gasteiger partial charge in [0.25, 0.3) is 0 Å². The maximum atomic E-state index is 12.2. The van der Waals surface area contributed by atoms with Crippen LogP contribution in [0.4, 0.5) is 0 Å². The van der Waals surface area contributed by atoms with E-state index in [1.807, 2.05) is 0 Å². The Morgan fingerprint density at radius 1 is 1.11 bits per heavy atom. The second-order valence-corrected chi connectivity index (χ2v) is 6.54. The zero-order valence-electron chi connectivity index (χ0n) is 10.7. The lowest BCUT2D eigenvalue weighted by Gasteiger charge is -2.52. The van der Waals surface area contributed by atoms with Gasteiger partial charge in [0.05, 0.1) is 12.1 Å². The zero-order valence-corrected chi connectivity index (χ0v) is 10.7. The van der Waals surface area contributed by atoms with Gasteiger partial charge in [-0.15, -0.1) is 0 Å². The summed E-state index contributed by atoms with van der Waals surface area (Å²) in [5.74, 6) is 2.39. The summed E-state index contributed by atoms with van der Waals surface area (Å²) in [6.45, 7) is 0.828. The van der Waals surface area contributed by atoms with E-state index in [-0.39, 0.29) is 24.1 Å². The lowest BCUT2D eigenvalue weighted by atomic mass is 9.68. The van der Waals surface area contributed by atoms with E-state index in [1.165, 1.54) is 19.3 Å². The molecule has 3 N–H and O–H groups in total. The highest BCUT2D eigenvalue weighted by atomic mass is 16.5. The first kappa shape index (κ1) is 11.2. The molecule has 1 aliphatic heterocycles. The van der Waals surface area contributed by atoms with Crippen molar-refractivity contribution in [2.45, 2.75) is 50.3 Å². The summed E-state index contributed by atoms with van der Waals surface area (Å²) >= 11 is 0. The van der Waals surface area contributed by atoms with Crippen LogP contribution in [0.2, 0.25) is 0 Å². The summed E-state index contributed by atoms with van der Waals surface area (Å²) in [6.07, 6.45) is 6.28. The molecule has 18 heavy (non-hydrogen) atoms. The number of amides is 1. The fraction of sp³-hybridized carbons (Fsp3) is 0.929. The van der Waals surface area contributed by atoms with Gasteiger partial charge in [-0.2, -0.15) is 0 Å². The van der Waals surface area contributed by atoms with Crippen molar-refractivity contribution >= 4 is 5.91 Å². The van der Waals surface area contributed by atoms with E-state index in [0.29, 0.717) is 23.7 Å². The highest BCUT2D eigenvalue weighted by molar-refractivity contribution is 5.83. The Kier molecular flexibility index (Phi) is 2.46. The fourth-order valence-electron chi connectivity index (χ4n) is 4.60. The molecule has 1 amide bonds. The lowest BCUT2D eigenvalue weighted by Crippen LogP contribution is -2.72. The summed E-state index contributed by atoms with van der Waals surface area (Å²) in [5.41, 5.74) is 6.17. The third-order valence-electron chi connectivity index (χ3n) is 5.70. The number of hydrogen-bond acceptors (Lipinski definition) is 3. The van der Waals surface area contributed by atoms with Crippen LogP contribution in [0, 0.1) is 23.7 Å². The van der Waals surface area contributed by atoms with Crippen LogP contribution in [-0.4, -0.2) is 30.7 Å². The molecule has 4 heteroatoms. The summed E-state index contributed by atoms with van der Waals surface area (Å²) in [7, 11) is 0. The van der Waals surface area contributed by atoms with Crippen LogP contribution >= 0.6 is 0 Å². The molecule has 4 nitrogen and oxygen atoms in total. The van der Waals surface area contributed by atoms with Crippen LogP contribution in [0.3, 0.4) is 0 Å². The molecule has 4 aliphatic rings. The average molecular weight is 250 g/mol. The minimum atomic E-state index is 0.0733. The minimum absolute atomic E-state index is 0.0733. The van der Waals surface area contributed by atoms with Gasteiger partial charge in [-0.05, 0) is 37.5 Å². The van der Waals surface area contributed by atoms with Crippen molar-refractivity contribution in [2.24, 2.45) is 29.4 Å². The van der Waals surface area contributed by atoms with Gasteiger partial charge in [-0.1, -0.05) is 6.42 Å². The molecule has 100 valence electrons. The number of ether oxygens (including phenoxy) is 1. The van der Waals surface area contributed by atoms with Gasteiger partial charge in [0.2, 0.25) is 5.91 Å². The third-order valence-corrected chi connectivity index (χ3v) is 5.70. The smallest absolute Gasteiger partial charge is 0.224 e. The van der Waals surface area contributed by atoms with Gasteiger partial charge in [0, 0.05) is 24.5 Å². The Hall–Kier alpha value is -0.610. The molecule has 0 radical (unpaired) electrons. The van der Waals surface area contributed by atoms with Crippen molar-refractivity contribution in [3.63, 3.8) is 0 Å². The molecule has 0 spiro atoms. The number of hydrogen-bond donors (Lipinski definition) is 2. The van der Waals surface area contributed by atoms with Gasteiger partial charge in [0.1, 0.15) is 0 Å². The van der Waals surface area contributed by atoms with Crippen LogP contribution in [0.5, 0.6) is 0 Å². The summed E-state index contributed by atoms with van der Waals surface area (Å²) in [6, 6.07) is 0.182. The quantitative estimate of drug-likeness (QED) is 0.756.